The monoisotopic (exact) mass is 276 g/mol. The molecule has 1 N–H and O–H groups in total. The molecule has 0 radical (unpaired) electrons. The number of rotatable bonds is 4. The van der Waals surface area contributed by atoms with E-state index in [0.29, 0.717) is 5.92 Å². The highest BCUT2D eigenvalue weighted by Gasteiger charge is 2.22. The van der Waals surface area contributed by atoms with Crippen LogP contribution in [0.5, 0.6) is 0 Å². The number of nitrogens with zero attached hydrogens (tertiary/aromatic N) is 1. The average molecular weight is 276 g/mol. The van der Waals surface area contributed by atoms with Crippen LogP contribution < -0.4 is 5.32 Å². The lowest BCUT2D eigenvalue weighted by molar-refractivity contribution is -0.384. The number of benzene rings is 1. The molecule has 1 fully saturated rings. The smallest absolute Gasteiger partial charge is 0.269 e. The number of nitro benzene ring substituents is 1. The van der Waals surface area contributed by atoms with Gasteiger partial charge in [-0.1, -0.05) is 31.9 Å². The maximum Gasteiger partial charge on any atom is 0.269 e. The normalized spacial score (nSPS) is 22.2. The van der Waals surface area contributed by atoms with Gasteiger partial charge in [-0.2, -0.15) is 0 Å². The van der Waals surface area contributed by atoms with Gasteiger partial charge in [0, 0.05) is 18.2 Å². The minimum Gasteiger partial charge on any atom is -0.353 e. The first-order valence-electron chi connectivity index (χ1n) is 7.09. The molecule has 1 amide bonds. The van der Waals surface area contributed by atoms with Gasteiger partial charge in [-0.15, -0.1) is 0 Å². The summed E-state index contributed by atoms with van der Waals surface area (Å²) in [5.74, 6) is 0.530. The highest BCUT2D eigenvalue weighted by Crippen LogP contribution is 2.23. The van der Waals surface area contributed by atoms with Crippen molar-refractivity contribution in [3.8, 4) is 0 Å². The summed E-state index contributed by atoms with van der Waals surface area (Å²) in [5, 5.41) is 13.6. The molecule has 1 aliphatic carbocycles. The van der Waals surface area contributed by atoms with Crippen molar-refractivity contribution in [2.45, 2.75) is 45.1 Å². The molecule has 1 aromatic rings. The Morgan fingerprint density at radius 1 is 1.30 bits per heavy atom. The van der Waals surface area contributed by atoms with E-state index in [1.54, 1.807) is 12.1 Å². The Balaban J connectivity index is 1.89. The van der Waals surface area contributed by atoms with Crippen LogP contribution in [0.15, 0.2) is 24.3 Å². The third kappa shape index (κ3) is 3.79. The van der Waals surface area contributed by atoms with E-state index < -0.39 is 4.92 Å². The molecule has 108 valence electrons. The van der Waals surface area contributed by atoms with Gasteiger partial charge in [0.1, 0.15) is 0 Å². The van der Waals surface area contributed by atoms with Gasteiger partial charge in [-0.25, -0.2) is 0 Å². The molecule has 1 aliphatic rings. The first kappa shape index (κ1) is 14.5. The largest absolute Gasteiger partial charge is 0.353 e. The van der Waals surface area contributed by atoms with Crippen LogP contribution in [0.2, 0.25) is 0 Å². The molecule has 5 heteroatoms. The second-order valence-corrected chi connectivity index (χ2v) is 5.54. The van der Waals surface area contributed by atoms with Crippen molar-refractivity contribution in [1.29, 1.82) is 0 Å². The molecule has 0 heterocycles. The number of hydrogen-bond donors (Lipinski definition) is 1. The van der Waals surface area contributed by atoms with Crippen molar-refractivity contribution in [2.75, 3.05) is 0 Å². The van der Waals surface area contributed by atoms with Crippen LogP contribution in [0.25, 0.3) is 0 Å². The average Bonchev–Trinajstić information content (AvgIpc) is 2.42. The fraction of sp³-hybridized carbons (Fsp3) is 0.533. The Hall–Kier alpha value is -1.91. The van der Waals surface area contributed by atoms with Gasteiger partial charge in [0.25, 0.3) is 5.69 Å². The van der Waals surface area contributed by atoms with Gasteiger partial charge in [0.05, 0.1) is 11.3 Å². The molecule has 0 spiro atoms. The topological polar surface area (TPSA) is 72.2 Å². The highest BCUT2D eigenvalue weighted by atomic mass is 16.6. The van der Waals surface area contributed by atoms with Crippen LogP contribution in [0, 0.1) is 16.0 Å². The summed E-state index contributed by atoms with van der Waals surface area (Å²) in [6, 6.07) is 6.43. The fourth-order valence-corrected chi connectivity index (χ4v) is 2.71. The number of carbonyl (C=O) groups excluding carboxylic acids is 1. The summed E-state index contributed by atoms with van der Waals surface area (Å²) >= 11 is 0. The van der Waals surface area contributed by atoms with Gasteiger partial charge in [0.2, 0.25) is 5.91 Å². The molecule has 5 nitrogen and oxygen atoms in total. The third-order valence-electron chi connectivity index (χ3n) is 3.97. The number of hydrogen-bond acceptors (Lipinski definition) is 3. The third-order valence-corrected chi connectivity index (χ3v) is 3.97. The minimum atomic E-state index is -0.437. The standard InChI is InChI=1S/C15H20N2O3/c1-11-4-2-3-5-14(11)16-15(18)10-12-6-8-13(9-7-12)17(19)20/h6-9,11,14H,2-5,10H2,1H3,(H,16,18)/t11-,14+/m0/s1. The molecular formula is C15H20N2O3. The summed E-state index contributed by atoms with van der Waals surface area (Å²) < 4.78 is 0. The molecule has 1 aromatic carbocycles. The van der Waals surface area contributed by atoms with E-state index in [1.165, 1.54) is 31.4 Å². The van der Waals surface area contributed by atoms with Gasteiger partial charge in [-0.3, -0.25) is 14.9 Å². The lowest BCUT2D eigenvalue weighted by atomic mass is 9.86. The van der Waals surface area contributed by atoms with Crippen molar-refractivity contribution in [3.05, 3.63) is 39.9 Å². The molecule has 0 aromatic heterocycles. The Labute approximate surface area is 118 Å². The molecule has 2 rings (SSSR count). The molecule has 0 saturated heterocycles. The zero-order chi connectivity index (χ0) is 14.5. The second-order valence-electron chi connectivity index (χ2n) is 5.54. The van der Waals surface area contributed by atoms with Crippen molar-refractivity contribution in [3.63, 3.8) is 0 Å². The minimum absolute atomic E-state index is 0.00222. The highest BCUT2D eigenvalue weighted by molar-refractivity contribution is 5.79. The maximum atomic E-state index is 12.0. The van der Waals surface area contributed by atoms with Crippen LogP contribution in [0.4, 0.5) is 5.69 Å². The summed E-state index contributed by atoms with van der Waals surface area (Å²) in [4.78, 5) is 22.1. The predicted molar refractivity (Wildman–Crippen MR) is 76.4 cm³/mol. The molecule has 0 bridgehead atoms. The van der Waals surface area contributed by atoms with Crippen LogP contribution in [0.3, 0.4) is 0 Å². The number of non-ortho nitro benzene ring substituents is 1. The van der Waals surface area contributed by atoms with Crippen molar-refractivity contribution in [2.24, 2.45) is 5.92 Å². The zero-order valence-electron chi connectivity index (χ0n) is 11.7. The van der Waals surface area contributed by atoms with E-state index in [9.17, 15) is 14.9 Å². The van der Waals surface area contributed by atoms with Gasteiger partial charge >= 0.3 is 0 Å². The number of carbonyl (C=O) groups is 1. The Kier molecular flexibility index (Phi) is 4.71. The predicted octanol–water partition coefficient (Wildman–Crippen LogP) is 2.83. The van der Waals surface area contributed by atoms with Crippen LogP contribution >= 0.6 is 0 Å². The Morgan fingerprint density at radius 3 is 2.55 bits per heavy atom. The van der Waals surface area contributed by atoms with Crippen molar-refractivity contribution < 1.29 is 9.72 Å². The van der Waals surface area contributed by atoms with Crippen molar-refractivity contribution >= 4 is 11.6 Å². The maximum absolute atomic E-state index is 12.0. The fourth-order valence-electron chi connectivity index (χ4n) is 2.71. The van der Waals surface area contributed by atoms with Crippen molar-refractivity contribution in [1.82, 2.24) is 5.32 Å². The van der Waals surface area contributed by atoms with E-state index in [4.69, 9.17) is 0 Å². The van der Waals surface area contributed by atoms with E-state index in [-0.39, 0.29) is 24.1 Å². The SMILES string of the molecule is C[C@H]1CCCC[C@H]1NC(=O)Cc1ccc([N+](=O)[O-])cc1. The summed E-state index contributed by atoms with van der Waals surface area (Å²) in [7, 11) is 0. The summed E-state index contributed by atoms with van der Waals surface area (Å²) in [5.41, 5.74) is 0.853. The van der Waals surface area contributed by atoms with Gasteiger partial charge < -0.3 is 5.32 Å². The van der Waals surface area contributed by atoms with Crippen LogP contribution in [-0.2, 0) is 11.2 Å². The summed E-state index contributed by atoms with van der Waals surface area (Å²) in [6.45, 7) is 2.18. The molecule has 0 aliphatic heterocycles. The van der Waals surface area contributed by atoms with Gasteiger partial charge in [-0.05, 0) is 24.3 Å². The molecule has 20 heavy (non-hydrogen) atoms. The Morgan fingerprint density at radius 2 is 1.95 bits per heavy atom. The molecule has 0 unspecified atom stereocenters. The lowest BCUT2D eigenvalue weighted by Gasteiger charge is -2.29. The summed E-state index contributed by atoms with van der Waals surface area (Å²) in [6.07, 6.45) is 4.92. The van der Waals surface area contributed by atoms with Crippen LogP contribution in [0.1, 0.15) is 38.2 Å². The second kappa shape index (κ2) is 6.50. The van der Waals surface area contributed by atoms with Crippen LogP contribution in [-0.4, -0.2) is 16.9 Å². The van der Waals surface area contributed by atoms with E-state index in [2.05, 4.69) is 12.2 Å². The number of nitro groups is 1. The van der Waals surface area contributed by atoms with E-state index in [1.807, 2.05) is 0 Å². The van der Waals surface area contributed by atoms with Gasteiger partial charge in [0.15, 0.2) is 0 Å². The molecule has 1 saturated carbocycles. The first-order valence-corrected chi connectivity index (χ1v) is 7.09. The molecular weight excluding hydrogens is 256 g/mol. The lowest BCUT2D eigenvalue weighted by Crippen LogP contribution is -2.41. The van der Waals surface area contributed by atoms with E-state index >= 15 is 0 Å². The van der Waals surface area contributed by atoms with E-state index in [0.717, 1.165) is 12.0 Å². The zero-order valence-corrected chi connectivity index (χ0v) is 11.7. The molecule has 2 atom stereocenters. The first-order chi connectivity index (χ1) is 9.56. The number of nitrogens with one attached hydrogen (secondary N) is 1. The Bertz CT molecular complexity index is 484. The quantitative estimate of drug-likeness (QED) is 0.679. The number of amides is 1.